The molecule has 0 aromatic heterocycles. The zero-order chi connectivity index (χ0) is 14.1. The molecule has 1 aromatic carbocycles. The molecule has 1 unspecified atom stereocenters. The average molecular weight is 283 g/mol. The molecule has 1 aromatic rings. The Balaban J connectivity index is 2.35. The van der Waals surface area contributed by atoms with Crippen LogP contribution >= 0.6 is 0 Å². The largest absolute Gasteiger partial charge is 0.377 e. The number of rotatable bonds is 6. The summed E-state index contributed by atoms with van der Waals surface area (Å²) in [7, 11) is -2.06. The Labute approximate surface area is 114 Å². The van der Waals surface area contributed by atoms with Gasteiger partial charge in [-0.3, -0.25) is 0 Å². The highest BCUT2D eigenvalue weighted by molar-refractivity contribution is 7.89. The maximum absolute atomic E-state index is 12.0. The van der Waals surface area contributed by atoms with Gasteiger partial charge in [-0.1, -0.05) is 12.1 Å². The van der Waals surface area contributed by atoms with E-state index in [4.69, 9.17) is 5.73 Å². The number of hydrogen-bond donors (Lipinski definition) is 3. The van der Waals surface area contributed by atoms with Crippen LogP contribution in [0.25, 0.3) is 0 Å². The van der Waals surface area contributed by atoms with Crippen LogP contribution in [0.15, 0.2) is 29.2 Å². The van der Waals surface area contributed by atoms with E-state index in [1.54, 1.807) is 18.2 Å². The second-order valence-corrected chi connectivity index (χ2v) is 7.08. The fraction of sp³-hybridized carbons (Fsp3) is 0.538. The Morgan fingerprint density at radius 2 is 2.00 bits per heavy atom. The molecule has 2 rings (SSSR count). The normalized spacial score (nSPS) is 18.9. The minimum absolute atomic E-state index is 0.251. The molecule has 1 aliphatic carbocycles. The summed E-state index contributed by atoms with van der Waals surface area (Å²) >= 11 is 0. The molecule has 0 spiro atoms. The van der Waals surface area contributed by atoms with Gasteiger partial charge in [-0.25, -0.2) is 13.1 Å². The molecule has 0 saturated heterocycles. The van der Waals surface area contributed by atoms with Crippen LogP contribution in [-0.2, 0) is 10.0 Å². The second kappa shape index (κ2) is 5.11. The standard InChI is InChI=1S/C13H21N3O2S/c1-13(9-14,10-7-8-10)16-11-5-3-4-6-12(11)19(17,18)15-2/h3-6,10,15-16H,7-9,14H2,1-2H3. The van der Waals surface area contributed by atoms with Gasteiger partial charge in [0.15, 0.2) is 0 Å². The zero-order valence-corrected chi connectivity index (χ0v) is 12.1. The Morgan fingerprint density at radius 1 is 1.37 bits per heavy atom. The first-order chi connectivity index (χ1) is 8.93. The lowest BCUT2D eigenvalue weighted by Crippen LogP contribution is -2.45. The molecule has 6 heteroatoms. The van der Waals surface area contributed by atoms with E-state index in [0.29, 0.717) is 18.2 Å². The Bertz CT molecular complexity index is 555. The van der Waals surface area contributed by atoms with Crippen molar-refractivity contribution in [3.05, 3.63) is 24.3 Å². The molecular weight excluding hydrogens is 262 g/mol. The first-order valence-electron chi connectivity index (χ1n) is 6.44. The SMILES string of the molecule is CNS(=O)(=O)c1ccccc1NC(C)(CN)C1CC1. The summed E-state index contributed by atoms with van der Waals surface area (Å²) in [5, 5.41) is 3.33. The van der Waals surface area contributed by atoms with Gasteiger partial charge in [-0.15, -0.1) is 0 Å². The third-order valence-electron chi connectivity index (χ3n) is 3.77. The number of anilines is 1. The highest BCUT2D eigenvalue weighted by atomic mass is 32.2. The van der Waals surface area contributed by atoms with Gasteiger partial charge >= 0.3 is 0 Å². The number of nitrogens with one attached hydrogen (secondary N) is 2. The minimum atomic E-state index is -3.47. The van der Waals surface area contributed by atoms with Crippen molar-refractivity contribution in [1.29, 1.82) is 0 Å². The number of hydrogen-bond acceptors (Lipinski definition) is 4. The summed E-state index contributed by atoms with van der Waals surface area (Å²) < 4.78 is 26.3. The van der Waals surface area contributed by atoms with Crippen molar-refractivity contribution >= 4 is 15.7 Å². The number of benzene rings is 1. The van der Waals surface area contributed by atoms with E-state index in [1.807, 2.05) is 13.0 Å². The van der Waals surface area contributed by atoms with Crippen molar-refractivity contribution in [2.24, 2.45) is 11.7 Å². The molecule has 1 atom stereocenters. The van der Waals surface area contributed by atoms with Crippen molar-refractivity contribution in [3.63, 3.8) is 0 Å². The molecule has 19 heavy (non-hydrogen) atoms. The van der Waals surface area contributed by atoms with Crippen LogP contribution in [0.5, 0.6) is 0 Å². The van der Waals surface area contributed by atoms with Gasteiger partial charge in [0.1, 0.15) is 4.90 Å². The summed E-state index contributed by atoms with van der Waals surface area (Å²) in [6, 6.07) is 6.91. The van der Waals surface area contributed by atoms with Crippen molar-refractivity contribution in [3.8, 4) is 0 Å². The Morgan fingerprint density at radius 3 is 2.53 bits per heavy atom. The summed E-state index contributed by atoms with van der Waals surface area (Å²) in [4.78, 5) is 0.262. The van der Waals surface area contributed by atoms with E-state index in [9.17, 15) is 8.42 Å². The van der Waals surface area contributed by atoms with E-state index in [-0.39, 0.29) is 10.4 Å². The molecule has 106 valence electrons. The lowest BCUT2D eigenvalue weighted by molar-refractivity contribution is 0.458. The quantitative estimate of drug-likeness (QED) is 0.731. The zero-order valence-electron chi connectivity index (χ0n) is 11.3. The lowest BCUT2D eigenvalue weighted by Gasteiger charge is -2.31. The molecule has 0 radical (unpaired) electrons. The highest BCUT2D eigenvalue weighted by Gasteiger charge is 2.41. The fourth-order valence-electron chi connectivity index (χ4n) is 2.26. The molecule has 5 nitrogen and oxygen atoms in total. The smallest absolute Gasteiger partial charge is 0.242 e. The maximum Gasteiger partial charge on any atom is 0.242 e. The highest BCUT2D eigenvalue weighted by Crippen LogP contribution is 2.41. The van der Waals surface area contributed by atoms with Crippen LogP contribution in [0.4, 0.5) is 5.69 Å². The first kappa shape index (κ1) is 14.3. The van der Waals surface area contributed by atoms with Gasteiger partial charge in [0.2, 0.25) is 10.0 Å². The van der Waals surface area contributed by atoms with Gasteiger partial charge in [0.25, 0.3) is 0 Å². The third-order valence-corrected chi connectivity index (χ3v) is 5.24. The van der Waals surface area contributed by atoms with Crippen molar-refractivity contribution < 1.29 is 8.42 Å². The van der Waals surface area contributed by atoms with E-state index in [0.717, 1.165) is 12.8 Å². The molecule has 4 N–H and O–H groups in total. The minimum Gasteiger partial charge on any atom is -0.377 e. The molecule has 0 aliphatic heterocycles. The Hall–Kier alpha value is -1.11. The van der Waals surface area contributed by atoms with Crippen molar-refractivity contribution in [2.75, 3.05) is 18.9 Å². The number of para-hydroxylation sites is 1. The van der Waals surface area contributed by atoms with E-state index >= 15 is 0 Å². The van der Waals surface area contributed by atoms with E-state index in [1.165, 1.54) is 7.05 Å². The van der Waals surface area contributed by atoms with Crippen LogP contribution < -0.4 is 15.8 Å². The van der Waals surface area contributed by atoms with Crippen LogP contribution in [0.2, 0.25) is 0 Å². The molecule has 1 saturated carbocycles. The average Bonchev–Trinajstić information content (AvgIpc) is 3.23. The van der Waals surface area contributed by atoms with E-state index in [2.05, 4.69) is 10.0 Å². The monoisotopic (exact) mass is 283 g/mol. The molecule has 1 aliphatic rings. The van der Waals surface area contributed by atoms with Crippen LogP contribution in [0.1, 0.15) is 19.8 Å². The second-order valence-electron chi connectivity index (χ2n) is 5.22. The Kier molecular flexibility index (Phi) is 3.85. The fourth-order valence-corrected chi connectivity index (χ4v) is 3.15. The van der Waals surface area contributed by atoms with Crippen LogP contribution in [0.3, 0.4) is 0 Å². The van der Waals surface area contributed by atoms with Gasteiger partial charge < -0.3 is 11.1 Å². The topological polar surface area (TPSA) is 84.2 Å². The summed E-state index contributed by atoms with van der Waals surface area (Å²) in [5.74, 6) is 0.517. The van der Waals surface area contributed by atoms with Crippen molar-refractivity contribution in [2.45, 2.75) is 30.2 Å². The molecule has 0 amide bonds. The van der Waals surface area contributed by atoms with Gasteiger partial charge in [0.05, 0.1) is 5.69 Å². The molecule has 0 heterocycles. The summed E-state index contributed by atoms with van der Waals surface area (Å²) in [6.45, 7) is 2.53. The predicted molar refractivity (Wildman–Crippen MR) is 76.5 cm³/mol. The summed E-state index contributed by atoms with van der Waals surface area (Å²) in [5.41, 5.74) is 6.22. The molecular formula is C13H21N3O2S. The van der Waals surface area contributed by atoms with Crippen LogP contribution in [-0.4, -0.2) is 27.5 Å². The predicted octanol–water partition coefficient (Wildman–Crippen LogP) is 1.13. The molecule has 0 bridgehead atoms. The van der Waals surface area contributed by atoms with Gasteiger partial charge in [-0.2, -0.15) is 0 Å². The summed E-state index contributed by atoms with van der Waals surface area (Å²) in [6.07, 6.45) is 2.28. The number of nitrogens with two attached hydrogens (primary N) is 1. The third kappa shape index (κ3) is 2.91. The van der Waals surface area contributed by atoms with Crippen molar-refractivity contribution in [1.82, 2.24) is 4.72 Å². The van der Waals surface area contributed by atoms with Gasteiger partial charge in [0, 0.05) is 12.1 Å². The number of sulfonamides is 1. The first-order valence-corrected chi connectivity index (χ1v) is 7.92. The maximum atomic E-state index is 12.0. The van der Waals surface area contributed by atoms with E-state index < -0.39 is 10.0 Å². The lowest BCUT2D eigenvalue weighted by atomic mass is 9.95. The van der Waals surface area contributed by atoms with Gasteiger partial charge in [-0.05, 0) is 44.9 Å². The molecule has 1 fully saturated rings. The van der Waals surface area contributed by atoms with Crippen LogP contribution in [0, 0.1) is 5.92 Å².